The third-order valence-electron chi connectivity index (χ3n) is 2.60. The summed E-state index contributed by atoms with van der Waals surface area (Å²) in [6.45, 7) is 8.63. The molecule has 0 aliphatic carbocycles. The molecule has 0 amide bonds. The van der Waals surface area contributed by atoms with Crippen LogP contribution in [-0.2, 0) is 6.54 Å². The second kappa shape index (κ2) is 4.35. The van der Waals surface area contributed by atoms with Crippen LogP contribution in [0.5, 0.6) is 0 Å². The highest BCUT2D eigenvalue weighted by atomic mass is 32.1. The zero-order chi connectivity index (χ0) is 11.7. The van der Waals surface area contributed by atoms with Crippen molar-refractivity contribution < 1.29 is 0 Å². The average molecular weight is 251 g/mol. The van der Waals surface area contributed by atoms with Crippen LogP contribution in [0.2, 0.25) is 0 Å². The fourth-order valence-corrected chi connectivity index (χ4v) is 2.63. The van der Waals surface area contributed by atoms with Gasteiger partial charge >= 0.3 is 0 Å². The Morgan fingerprint density at radius 3 is 2.94 bits per heavy atom. The summed E-state index contributed by atoms with van der Waals surface area (Å²) in [7, 11) is 0. The minimum Gasteiger partial charge on any atom is -0.296 e. The highest BCUT2D eigenvalue weighted by Gasteiger charge is 2.12. The van der Waals surface area contributed by atoms with Crippen molar-refractivity contribution in [3.63, 3.8) is 0 Å². The zero-order valence-electron chi connectivity index (χ0n) is 9.28. The zero-order valence-corrected chi connectivity index (χ0v) is 10.9. The number of aryl methyl sites for hydroxylation is 1. The Morgan fingerprint density at radius 2 is 2.38 bits per heavy atom. The van der Waals surface area contributed by atoms with Crippen LogP contribution < -0.4 is 0 Å². The van der Waals surface area contributed by atoms with Crippen molar-refractivity contribution in [3.8, 4) is 11.4 Å². The lowest BCUT2D eigenvalue weighted by Crippen LogP contribution is -1.98. The van der Waals surface area contributed by atoms with Crippen LogP contribution in [0.4, 0.5) is 0 Å². The van der Waals surface area contributed by atoms with Gasteiger partial charge in [-0.2, -0.15) is 5.10 Å². The number of rotatable bonds is 3. The van der Waals surface area contributed by atoms with E-state index >= 15 is 0 Å². The number of H-pyrrole nitrogens is 1. The molecule has 2 rings (SSSR count). The Kier molecular flexibility index (Phi) is 3.07. The van der Waals surface area contributed by atoms with Gasteiger partial charge in [-0.05, 0) is 31.6 Å². The number of hydrogen-bond acceptors (Lipinski definition) is 3. The van der Waals surface area contributed by atoms with E-state index in [2.05, 4.69) is 36.0 Å². The summed E-state index contributed by atoms with van der Waals surface area (Å²) in [5.41, 5.74) is 2.42. The molecule has 0 spiro atoms. The third-order valence-corrected chi connectivity index (χ3v) is 3.92. The molecule has 3 nitrogen and oxygen atoms in total. The van der Waals surface area contributed by atoms with Crippen LogP contribution in [0.3, 0.4) is 0 Å². The molecule has 0 aliphatic heterocycles. The molecule has 0 saturated heterocycles. The second-order valence-corrected chi connectivity index (χ2v) is 5.05. The lowest BCUT2D eigenvalue weighted by molar-refractivity contribution is 0.814. The van der Waals surface area contributed by atoms with Gasteiger partial charge in [-0.3, -0.25) is 9.67 Å². The lowest BCUT2D eigenvalue weighted by atomic mass is 10.1. The first-order valence-corrected chi connectivity index (χ1v) is 6.25. The van der Waals surface area contributed by atoms with Gasteiger partial charge in [0.2, 0.25) is 0 Å². The normalized spacial score (nSPS) is 10.6. The Bertz CT molecular complexity index is 574. The van der Waals surface area contributed by atoms with E-state index in [1.165, 1.54) is 10.4 Å². The van der Waals surface area contributed by atoms with Crippen molar-refractivity contribution in [1.29, 1.82) is 0 Å². The fourth-order valence-electron chi connectivity index (χ4n) is 1.56. The Balaban J connectivity index is 2.60. The molecular weight excluding hydrogens is 238 g/mol. The molecule has 5 heteroatoms. The predicted molar refractivity (Wildman–Crippen MR) is 70.4 cm³/mol. The molecule has 2 aromatic rings. The predicted octanol–water partition coefficient (Wildman–Crippen LogP) is 3.47. The number of aromatic nitrogens is 3. The van der Waals surface area contributed by atoms with Crippen LogP contribution in [0.25, 0.3) is 11.4 Å². The van der Waals surface area contributed by atoms with Gasteiger partial charge in [0.05, 0.1) is 0 Å². The maximum atomic E-state index is 5.19. The molecule has 2 aromatic heterocycles. The van der Waals surface area contributed by atoms with Crippen molar-refractivity contribution >= 4 is 23.6 Å². The molecule has 84 valence electrons. The smallest absolute Gasteiger partial charge is 0.195 e. The molecular formula is C11H13N3S2. The van der Waals surface area contributed by atoms with E-state index in [-0.39, 0.29) is 0 Å². The van der Waals surface area contributed by atoms with Crippen molar-refractivity contribution in [2.75, 3.05) is 0 Å². The van der Waals surface area contributed by atoms with Gasteiger partial charge in [-0.25, -0.2) is 0 Å². The molecule has 0 unspecified atom stereocenters. The summed E-state index contributed by atoms with van der Waals surface area (Å²) >= 11 is 6.92. The lowest BCUT2D eigenvalue weighted by Gasteiger charge is -2.03. The van der Waals surface area contributed by atoms with E-state index in [4.69, 9.17) is 12.2 Å². The molecule has 0 fully saturated rings. The number of aromatic amines is 1. The first kappa shape index (κ1) is 11.3. The molecule has 0 aliphatic rings. The number of allylic oxidation sites excluding steroid dienone is 1. The maximum Gasteiger partial charge on any atom is 0.195 e. The van der Waals surface area contributed by atoms with Gasteiger partial charge < -0.3 is 0 Å². The van der Waals surface area contributed by atoms with Gasteiger partial charge in [-0.15, -0.1) is 17.9 Å². The van der Waals surface area contributed by atoms with Crippen molar-refractivity contribution in [2.45, 2.75) is 20.4 Å². The molecule has 0 bridgehead atoms. The van der Waals surface area contributed by atoms with E-state index < -0.39 is 0 Å². The summed E-state index contributed by atoms with van der Waals surface area (Å²) in [6, 6.07) is 0. The van der Waals surface area contributed by atoms with Crippen molar-refractivity contribution in [1.82, 2.24) is 14.8 Å². The summed E-state index contributed by atoms with van der Waals surface area (Å²) in [4.78, 5) is 1.31. The summed E-state index contributed by atoms with van der Waals surface area (Å²) < 4.78 is 2.59. The van der Waals surface area contributed by atoms with Crippen LogP contribution in [0, 0.1) is 18.6 Å². The standard InChI is InChI=1S/C11H13N3S2/c1-4-5-14-10(12-13-11(14)15)9-6-16-8(3)7(9)2/h4,6H,1,5H2,2-3H3,(H,13,15). The first-order chi connectivity index (χ1) is 7.65. The van der Waals surface area contributed by atoms with E-state index in [9.17, 15) is 0 Å². The van der Waals surface area contributed by atoms with Crippen LogP contribution in [0.1, 0.15) is 10.4 Å². The van der Waals surface area contributed by atoms with E-state index in [1.807, 2.05) is 10.6 Å². The van der Waals surface area contributed by atoms with Crippen LogP contribution in [0.15, 0.2) is 18.0 Å². The van der Waals surface area contributed by atoms with Gasteiger partial charge in [-0.1, -0.05) is 6.08 Å². The monoisotopic (exact) mass is 251 g/mol. The molecule has 1 N–H and O–H groups in total. The maximum absolute atomic E-state index is 5.19. The number of thiophene rings is 1. The van der Waals surface area contributed by atoms with Crippen LogP contribution >= 0.6 is 23.6 Å². The summed E-state index contributed by atoms with van der Waals surface area (Å²) in [6.07, 6.45) is 1.82. The van der Waals surface area contributed by atoms with Gasteiger partial charge in [0, 0.05) is 22.4 Å². The Labute approximate surface area is 103 Å². The largest absolute Gasteiger partial charge is 0.296 e. The Morgan fingerprint density at radius 1 is 1.62 bits per heavy atom. The molecule has 0 saturated carbocycles. The van der Waals surface area contributed by atoms with Gasteiger partial charge in [0.15, 0.2) is 10.6 Å². The molecule has 16 heavy (non-hydrogen) atoms. The van der Waals surface area contributed by atoms with E-state index in [0.717, 1.165) is 11.4 Å². The highest BCUT2D eigenvalue weighted by molar-refractivity contribution is 7.71. The number of nitrogens with zero attached hydrogens (tertiary/aromatic N) is 2. The SMILES string of the molecule is C=CCn1c(-c2csc(C)c2C)n[nH]c1=S. The van der Waals surface area contributed by atoms with Crippen molar-refractivity contribution in [3.05, 3.63) is 33.2 Å². The molecule has 2 heterocycles. The van der Waals surface area contributed by atoms with E-state index in [1.54, 1.807) is 11.3 Å². The van der Waals surface area contributed by atoms with Crippen LogP contribution in [-0.4, -0.2) is 14.8 Å². The third kappa shape index (κ3) is 1.76. The van der Waals surface area contributed by atoms with E-state index in [0.29, 0.717) is 11.3 Å². The molecule has 0 radical (unpaired) electrons. The number of hydrogen-bond donors (Lipinski definition) is 1. The first-order valence-electron chi connectivity index (χ1n) is 4.96. The second-order valence-electron chi connectivity index (χ2n) is 3.58. The molecule has 0 aromatic carbocycles. The quantitative estimate of drug-likeness (QED) is 0.669. The summed E-state index contributed by atoms with van der Waals surface area (Å²) in [5, 5.41) is 9.23. The van der Waals surface area contributed by atoms with Gasteiger partial charge in [0.25, 0.3) is 0 Å². The topological polar surface area (TPSA) is 33.6 Å². The fraction of sp³-hybridized carbons (Fsp3) is 0.273. The minimum absolute atomic E-state index is 0.637. The minimum atomic E-state index is 0.637. The van der Waals surface area contributed by atoms with Crippen molar-refractivity contribution in [2.24, 2.45) is 0 Å². The average Bonchev–Trinajstić information content (AvgIpc) is 2.76. The van der Waals surface area contributed by atoms with Gasteiger partial charge in [0.1, 0.15) is 0 Å². The Hall–Kier alpha value is -1.20. The summed E-state index contributed by atoms with van der Waals surface area (Å²) in [5.74, 6) is 0.895. The number of nitrogens with one attached hydrogen (secondary N) is 1. The highest BCUT2D eigenvalue weighted by Crippen LogP contribution is 2.29. The molecule has 0 atom stereocenters.